The molecule has 0 bridgehead atoms. The lowest BCUT2D eigenvalue weighted by Crippen LogP contribution is -2.25. The van der Waals surface area contributed by atoms with Gasteiger partial charge in [0.05, 0.1) is 10.8 Å². The number of nitrogens with one attached hydrogen (secondary N) is 1. The number of hydrogen-bond acceptors (Lipinski definition) is 7. The molecule has 1 amide bonds. The number of hydrogen-bond donors (Lipinski definition) is 2. The molecule has 166 valence electrons. The van der Waals surface area contributed by atoms with Crippen LogP contribution in [-0.4, -0.2) is 21.1 Å². The van der Waals surface area contributed by atoms with Crippen molar-refractivity contribution in [2.75, 3.05) is 11.1 Å². The number of carbonyl (C=O) groups excluding carboxylic acids is 1. The molecular weight excluding hydrogens is 432 g/mol. The van der Waals surface area contributed by atoms with Gasteiger partial charge in [0.15, 0.2) is 0 Å². The fourth-order valence-corrected chi connectivity index (χ4v) is 4.37. The van der Waals surface area contributed by atoms with Gasteiger partial charge in [-0.25, -0.2) is 9.97 Å². The third kappa shape index (κ3) is 5.14. The van der Waals surface area contributed by atoms with E-state index in [2.05, 4.69) is 34.3 Å². The van der Waals surface area contributed by atoms with Gasteiger partial charge in [0.25, 0.3) is 0 Å². The highest BCUT2D eigenvalue weighted by Gasteiger charge is 2.26. The van der Waals surface area contributed by atoms with E-state index in [1.807, 2.05) is 44.2 Å². The Kier molecular flexibility index (Phi) is 7.66. The maximum absolute atomic E-state index is 13.0. The predicted molar refractivity (Wildman–Crippen MR) is 130 cm³/mol. The molecule has 3 aromatic rings. The van der Waals surface area contributed by atoms with Crippen molar-refractivity contribution in [1.29, 1.82) is 10.5 Å². The molecule has 1 aromatic carbocycles. The Hall–Kier alpha value is -3.88. The molecular formula is C25H24N6OS. The molecule has 3 rings (SSSR count). The van der Waals surface area contributed by atoms with E-state index in [1.165, 1.54) is 0 Å². The second-order valence-electron chi connectivity index (χ2n) is 7.37. The Morgan fingerprint density at radius 2 is 1.85 bits per heavy atom. The van der Waals surface area contributed by atoms with E-state index in [0.717, 1.165) is 29.3 Å². The smallest absolute Gasteiger partial charge is 0.239 e. The Bertz CT molecular complexity index is 1260. The monoisotopic (exact) mass is 456 g/mol. The summed E-state index contributed by atoms with van der Waals surface area (Å²) in [6.45, 7) is 5.80. The van der Waals surface area contributed by atoms with Gasteiger partial charge in [-0.2, -0.15) is 10.5 Å². The van der Waals surface area contributed by atoms with Crippen molar-refractivity contribution in [3.8, 4) is 23.3 Å². The molecule has 8 heteroatoms. The number of rotatable bonds is 7. The third-order valence-corrected chi connectivity index (χ3v) is 6.59. The molecule has 2 aromatic heterocycles. The van der Waals surface area contributed by atoms with Gasteiger partial charge in [-0.3, -0.25) is 4.79 Å². The van der Waals surface area contributed by atoms with Crippen LogP contribution in [-0.2, 0) is 11.2 Å². The van der Waals surface area contributed by atoms with E-state index in [9.17, 15) is 15.3 Å². The predicted octanol–water partition coefficient (Wildman–Crippen LogP) is 4.85. The van der Waals surface area contributed by atoms with Crippen molar-refractivity contribution >= 4 is 29.3 Å². The number of nitrogens with two attached hydrogens (primary N) is 1. The lowest BCUT2D eigenvalue weighted by atomic mass is 9.96. The van der Waals surface area contributed by atoms with Crippen LogP contribution < -0.4 is 11.1 Å². The van der Waals surface area contributed by atoms with Crippen LogP contribution in [0, 0.1) is 29.6 Å². The number of benzene rings is 1. The van der Waals surface area contributed by atoms with Crippen LogP contribution in [0.1, 0.15) is 42.5 Å². The van der Waals surface area contributed by atoms with E-state index < -0.39 is 5.25 Å². The van der Waals surface area contributed by atoms with E-state index in [-0.39, 0.29) is 22.9 Å². The van der Waals surface area contributed by atoms with E-state index in [4.69, 9.17) is 5.73 Å². The van der Waals surface area contributed by atoms with Gasteiger partial charge in [-0.1, -0.05) is 55.9 Å². The molecule has 3 N–H and O–H groups in total. The second kappa shape index (κ2) is 10.6. The summed E-state index contributed by atoms with van der Waals surface area (Å²) in [5.74, 6) is 0.280. The summed E-state index contributed by atoms with van der Waals surface area (Å²) in [5, 5.41) is 22.4. The van der Waals surface area contributed by atoms with E-state index in [1.54, 1.807) is 12.3 Å². The van der Waals surface area contributed by atoms with Crippen molar-refractivity contribution in [2.24, 2.45) is 0 Å². The zero-order valence-electron chi connectivity index (χ0n) is 18.7. The molecule has 0 saturated heterocycles. The Morgan fingerprint density at radius 1 is 1.15 bits per heavy atom. The summed E-state index contributed by atoms with van der Waals surface area (Å²) in [5.41, 5.74) is 9.64. The van der Waals surface area contributed by atoms with Crippen LogP contribution in [0.25, 0.3) is 11.1 Å². The average Bonchev–Trinajstić information content (AvgIpc) is 2.83. The Balaban J connectivity index is 2.02. The van der Waals surface area contributed by atoms with Gasteiger partial charge in [0.1, 0.15) is 34.4 Å². The Morgan fingerprint density at radius 3 is 2.42 bits per heavy atom. The molecule has 33 heavy (non-hydrogen) atoms. The zero-order chi connectivity index (χ0) is 24.0. The first-order valence-corrected chi connectivity index (χ1v) is 11.4. The molecule has 0 radical (unpaired) electrons. The fourth-order valence-electron chi connectivity index (χ4n) is 3.35. The zero-order valence-corrected chi connectivity index (χ0v) is 19.5. The molecule has 1 atom stereocenters. The lowest BCUT2D eigenvalue weighted by molar-refractivity contribution is -0.115. The number of carbonyl (C=O) groups is 1. The van der Waals surface area contributed by atoms with Crippen LogP contribution >= 0.6 is 11.8 Å². The number of amides is 1. The van der Waals surface area contributed by atoms with Gasteiger partial charge >= 0.3 is 0 Å². The number of nitrogen functional groups attached to an aromatic ring is 1. The average molecular weight is 457 g/mol. The normalized spacial score (nSPS) is 11.3. The van der Waals surface area contributed by atoms with Crippen molar-refractivity contribution in [3.63, 3.8) is 0 Å². The van der Waals surface area contributed by atoms with E-state index >= 15 is 0 Å². The minimum Gasteiger partial charge on any atom is -0.383 e. The quantitative estimate of drug-likeness (QED) is 0.486. The number of nitrogens with zero attached hydrogens (tertiary/aromatic N) is 4. The summed E-state index contributed by atoms with van der Waals surface area (Å²) in [7, 11) is 0. The lowest BCUT2D eigenvalue weighted by Gasteiger charge is -2.18. The first-order valence-electron chi connectivity index (χ1n) is 10.6. The molecule has 0 saturated carbocycles. The third-order valence-electron chi connectivity index (χ3n) is 5.23. The summed E-state index contributed by atoms with van der Waals surface area (Å²) in [6, 6.07) is 15.6. The first-order chi connectivity index (χ1) is 15.9. The molecule has 1 unspecified atom stereocenters. The summed E-state index contributed by atoms with van der Waals surface area (Å²) in [4.78, 5) is 21.5. The molecule has 7 nitrogen and oxygen atoms in total. The minimum atomic E-state index is -0.534. The SMILES string of the molecule is CCc1ccc(-c2c(C#N)c(N)nc(SC(CC)C(=O)Nc3ncccc3C)c2C#N)cc1. The van der Waals surface area contributed by atoms with Crippen molar-refractivity contribution in [1.82, 2.24) is 9.97 Å². The second-order valence-corrected chi connectivity index (χ2v) is 8.57. The highest BCUT2D eigenvalue weighted by Crippen LogP contribution is 2.37. The molecule has 0 fully saturated rings. The molecule has 2 heterocycles. The van der Waals surface area contributed by atoms with Gasteiger partial charge in [-0.15, -0.1) is 0 Å². The van der Waals surface area contributed by atoms with Gasteiger partial charge in [0.2, 0.25) is 5.91 Å². The number of nitriles is 2. The summed E-state index contributed by atoms with van der Waals surface area (Å²) < 4.78 is 0. The van der Waals surface area contributed by atoms with Crippen molar-refractivity contribution < 1.29 is 4.79 Å². The van der Waals surface area contributed by atoms with Crippen LogP contribution in [0.15, 0.2) is 47.6 Å². The molecule has 0 aliphatic rings. The largest absolute Gasteiger partial charge is 0.383 e. The van der Waals surface area contributed by atoms with Crippen molar-refractivity contribution in [2.45, 2.75) is 43.9 Å². The molecule has 0 aliphatic heterocycles. The van der Waals surface area contributed by atoms with Gasteiger partial charge in [0, 0.05) is 11.8 Å². The number of thioether (sulfide) groups is 1. The van der Waals surface area contributed by atoms with Crippen LogP contribution in [0.2, 0.25) is 0 Å². The van der Waals surface area contributed by atoms with Crippen LogP contribution in [0.4, 0.5) is 11.6 Å². The van der Waals surface area contributed by atoms with E-state index in [0.29, 0.717) is 28.4 Å². The minimum absolute atomic E-state index is 0.0319. The standard InChI is InChI=1S/C25H24N6OS/c1-4-16-8-10-17(11-9-16)21-18(13-26)22(28)30-25(19(21)14-27)33-20(5-2)24(32)31-23-15(3)7-6-12-29-23/h6-12,20H,4-5H2,1-3H3,(H2,28,30)(H,29,31,32). The maximum Gasteiger partial charge on any atom is 0.239 e. The first kappa shape index (κ1) is 23.8. The van der Waals surface area contributed by atoms with Crippen LogP contribution in [0.3, 0.4) is 0 Å². The topological polar surface area (TPSA) is 128 Å². The van der Waals surface area contributed by atoms with Crippen LogP contribution in [0.5, 0.6) is 0 Å². The van der Waals surface area contributed by atoms with Gasteiger partial charge in [-0.05, 0) is 42.5 Å². The summed E-state index contributed by atoms with van der Waals surface area (Å²) >= 11 is 1.16. The highest BCUT2D eigenvalue weighted by molar-refractivity contribution is 8.00. The molecule has 0 aliphatic carbocycles. The maximum atomic E-state index is 13.0. The number of pyridine rings is 2. The van der Waals surface area contributed by atoms with Crippen molar-refractivity contribution in [3.05, 3.63) is 64.8 Å². The number of aromatic nitrogens is 2. The van der Waals surface area contributed by atoms with Gasteiger partial charge < -0.3 is 11.1 Å². The summed E-state index contributed by atoms with van der Waals surface area (Å²) in [6.07, 6.45) is 2.98. The highest BCUT2D eigenvalue weighted by atomic mass is 32.2. The Labute approximate surface area is 197 Å². The molecule has 0 spiro atoms. The number of aryl methyl sites for hydroxylation is 2. The fraction of sp³-hybridized carbons (Fsp3) is 0.240. The number of anilines is 2.